The molecule has 0 saturated heterocycles. The first-order chi connectivity index (χ1) is 17.9. The second-order valence-corrected chi connectivity index (χ2v) is 10.3. The Morgan fingerprint density at radius 2 is 2.03 bits per heavy atom. The van der Waals surface area contributed by atoms with E-state index in [-0.39, 0.29) is 17.7 Å². The number of aryl methyl sites for hydroxylation is 1. The molecule has 1 aliphatic rings. The van der Waals surface area contributed by atoms with Crippen molar-refractivity contribution in [3.8, 4) is 0 Å². The molecule has 4 heterocycles. The molecule has 3 N–H and O–H groups in total. The minimum absolute atomic E-state index is 0.115. The fourth-order valence-corrected chi connectivity index (χ4v) is 5.56. The molecule has 0 unspecified atom stereocenters. The van der Waals surface area contributed by atoms with Gasteiger partial charge in [-0.05, 0) is 66.8 Å². The van der Waals surface area contributed by atoms with Crippen molar-refractivity contribution in [1.82, 2.24) is 30.7 Å². The van der Waals surface area contributed by atoms with Gasteiger partial charge in [-0.15, -0.1) is 11.3 Å². The summed E-state index contributed by atoms with van der Waals surface area (Å²) >= 11 is 1.48. The molecule has 0 aliphatic carbocycles. The first-order valence-electron chi connectivity index (χ1n) is 12.2. The average molecular weight is 517 g/mol. The molecule has 3 aromatic heterocycles. The van der Waals surface area contributed by atoms with Crippen molar-refractivity contribution < 1.29 is 14.4 Å². The summed E-state index contributed by atoms with van der Waals surface area (Å²) in [5.74, 6) is -0.530. The van der Waals surface area contributed by atoms with E-state index in [2.05, 4.69) is 25.8 Å². The molecule has 10 heteroatoms. The molecule has 4 aromatic rings. The van der Waals surface area contributed by atoms with Crippen molar-refractivity contribution in [1.29, 1.82) is 0 Å². The number of thiophene rings is 1. The fraction of sp³-hybridized carbons (Fsp3) is 0.296. The van der Waals surface area contributed by atoms with Crippen LogP contribution >= 0.6 is 11.3 Å². The van der Waals surface area contributed by atoms with Gasteiger partial charge in [0.05, 0.1) is 16.6 Å². The standard InChI is InChI=1S/C27H28N6O3S/c1-3-21(31-25(34)17-4-5-22-19(10-17)14-30-32-22)27(36)33-9-7-23-20(15-33)11-24(37-23)26(35)29-13-18-6-8-28-12-16(18)2/h4-6,8,10-12,14,21H,3,7,9,13,15H2,1-2H3,(H,29,35)(H,30,32)(H,31,34)/t21-/m1/s1. The number of hydrogen-bond acceptors (Lipinski definition) is 6. The van der Waals surface area contributed by atoms with Crippen LogP contribution in [0.15, 0.2) is 48.9 Å². The number of carbonyl (C=O) groups excluding carboxylic acids is 3. The van der Waals surface area contributed by atoms with E-state index in [1.165, 1.54) is 11.3 Å². The van der Waals surface area contributed by atoms with Crippen LogP contribution in [-0.4, -0.2) is 50.4 Å². The van der Waals surface area contributed by atoms with Gasteiger partial charge in [-0.2, -0.15) is 5.10 Å². The summed E-state index contributed by atoms with van der Waals surface area (Å²) in [5.41, 5.74) is 4.37. The van der Waals surface area contributed by atoms with E-state index in [1.807, 2.05) is 26.0 Å². The summed E-state index contributed by atoms with van der Waals surface area (Å²) in [6.45, 7) is 5.26. The topological polar surface area (TPSA) is 120 Å². The molecule has 0 saturated carbocycles. The lowest BCUT2D eigenvalue weighted by Gasteiger charge is -2.30. The summed E-state index contributed by atoms with van der Waals surface area (Å²) in [7, 11) is 0. The first-order valence-corrected chi connectivity index (χ1v) is 13.1. The predicted octanol–water partition coefficient (Wildman–Crippen LogP) is 3.35. The Morgan fingerprint density at radius 1 is 1.16 bits per heavy atom. The third-order valence-electron chi connectivity index (χ3n) is 6.69. The van der Waals surface area contributed by atoms with Gasteiger partial charge < -0.3 is 15.5 Å². The maximum atomic E-state index is 13.3. The van der Waals surface area contributed by atoms with Crippen LogP contribution in [0.4, 0.5) is 0 Å². The molecular formula is C27H28N6O3S. The van der Waals surface area contributed by atoms with Crippen molar-refractivity contribution in [2.45, 2.75) is 45.8 Å². The van der Waals surface area contributed by atoms with Crippen molar-refractivity contribution in [3.63, 3.8) is 0 Å². The van der Waals surface area contributed by atoms with Gasteiger partial charge >= 0.3 is 0 Å². The average Bonchev–Trinajstić information content (AvgIpc) is 3.56. The van der Waals surface area contributed by atoms with E-state index in [4.69, 9.17) is 0 Å². The number of benzene rings is 1. The van der Waals surface area contributed by atoms with Crippen molar-refractivity contribution >= 4 is 40.0 Å². The lowest BCUT2D eigenvalue weighted by Crippen LogP contribution is -2.49. The van der Waals surface area contributed by atoms with Crippen molar-refractivity contribution in [3.05, 3.63) is 80.9 Å². The Morgan fingerprint density at radius 3 is 2.84 bits per heavy atom. The summed E-state index contributed by atoms with van der Waals surface area (Å²) in [6.07, 6.45) is 6.32. The highest BCUT2D eigenvalue weighted by molar-refractivity contribution is 7.14. The van der Waals surface area contributed by atoms with Gasteiger partial charge in [0.1, 0.15) is 6.04 Å². The number of amides is 3. The van der Waals surface area contributed by atoms with Crippen LogP contribution in [0.1, 0.15) is 54.9 Å². The number of nitrogens with one attached hydrogen (secondary N) is 3. The molecule has 1 aromatic carbocycles. The van der Waals surface area contributed by atoms with E-state index in [9.17, 15) is 14.4 Å². The highest BCUT2D eigenvalue weighted by atomic mass is 32.1. The maximum Gasteiger partial charge on any atom is 0.261 e. The highest BCUT2D eigenvalue weighted by Gasteiger charge is 2.29. The van der Waals surface area contributed by atoms with Crippen LogP contribution in [0.5, 0.6) is 0 Å². The normalized spacial score (nSPS) is 13.7. The lowest BCUT2D eigenvalue weighted by molar-refractivity contribution is -0.134. The summed E-state index contributed by atoms with van der Waals surface area (Å²) in [4.78, 5) is 46.6. The fourth-order valence-electron chi connectivity index (χ4n) is 4.48. The van der Waals surface area contributed by atoms with E-state index < -0.39 is 6.04 Å². The largest absolute Gasteiger partial charge is 0.347 e. The number of aromatic amines is 1. The number of rotatable bonds is 7. The number of fused-ring (bicyclic) bond motifs is 2. The lowest BCUT2D eigenvalue weighted by atomic mass is 10.1. The van der Waals surface area contributed by atoms with Crippen LogP contribution in [0, 0.1) is 6.92 Å². The SMILES string of the molecule is CC[C@@H](NC(=O)c1ccc2[nH]ncc2c1)C(=O)N1CCc2sc(C(=O)NCc3ccncc3C)cc2C1. The van der Waals surface area contributed by atoms with Gasteiger partial charge in [0, 0.05) is 47.9 Å². The number of pyridine rings is 1. The zero-order valence-corrected chi connectivity index (χ0v) is 21.5. The Kier molecular flexibility index (Phi) is 7.00. The molecule has 0 fully saturated rings. The molecule has 0 radical (unpaired) electrons. The van der Waals surface area contributed by atoms with Gasteiger partial charge in [-0.1, -0.05) is 6.92 Å². The summed E-state index contributed by atoms with van der Waals surface area (Å²) in [6, 6.07) is 8.43. The van der Waals surface area contributed by atoms with Gasteiger partial charge in [0.15, 0.2) is 0 Å². The summed E-state index contributed by atoms with van der Waals surface area (Å²) in [5, 5.41) is 13.6. The molecule has 1 atom stereocenters. The molecular weight excluding hydrogens is 488 g/mol. The van der Waals surface area contributed by atoms with E-state index >= 15 is 0 Å². The number of nitrogens with zero attached hydrogens (tertiary/aromatic N) is 3. The van der Waals surface area contributed by atoms with Crippen LogP contribution in [0.25, 0.3) is 10.9 Å². The van der Waals surface area contributed by atoms with Crippen molar-refractivity contribution in [2.24, 2.45) is 0 Å². The van der Waals surface area contributed by atoms with Gasteiger partial charge in [0.2, 0.25) is 5.91 Å². The molecule has 1 aliphatic heterocycles. The molecule has 3 amide bonds. The van der Waals surface area contributed by atoms with Crippen LogP contribution in [0.2, 0.25) is 0 Å². The van der Waals surface area contributed by atoms with E-state index in [1.54, 1.807) is 41.7 Å². The minimum atomic E-state index is -0.626. The Balaban J connectivity index is 1.21. The van der Waals surface area contributed by atoms with E-state index in [0.29, 0.717) is 42.9 Å². The second-order valence-electron chi connectivity index (χ2n) is 9.16. The molecule has 0 spiro atoms. The zero-order valence-electron chi connectivity index (χ0n) is 20.7. The van der Waals surface area contributed by atoms with Gasteiger partial charge in [0.25, 0.3) is 11.8 Å². The quantitative estimate of drug-likeness (QED) is 0.348. The number of aromatic nitrogens is 3. The van der Waals surface area contributed by atoms with Crippen molar-refractivity contribution in [2.75, 3.05) is 6.54 Å². The second kappa shape index (κ2) is 10.5. The molecule has 190 valence electrons. The third kappa shape index (κ3) is 5.24. The molecule has 37 heavy (non-hydrogen) atoms. The van der Waals surface area contributed by atoms with Gasteiger partial charge in [-0.3, -0.25) is 24.5 Å². The monoisotopic (exact) mass is 516 g/mol. The van der Waals surface area contributed by atoms with Crippen LogP contribution < -0.4 is 10.6 Å². The maximum absolute atomic E-state index is 13.3. The first kappa shape index (κ1) is 24.6. The Hall–Kier alpha value is -4.05. The zero-order chi connectivity index (χ0) is 25.9. The Bertz CT molecular complexity index is 1480. The molecule has 9 nitrogen and oxygen atoms in total. The molecule has 0 bridgehead atoms. The number of hydrogen-bond donors (Lipinski definition) is 3. The van der Waals surface area contributed by atoms with Gasteiger partial charge in [-0.25, -0.2) is 0 Å². The number of carbonyl (C=O) groups is 3. The number of H-pyrrole nitrogens is 1. The third-order valence-corrected chi connectivity index (χ3v) is 7.93. The highest BCUT2D eigenvalue weighted by Crippen LogP contribution is 2.29. The van der Waals surface area contributed by atoms with Crippen LogP contribution in [0.3, 0.4) is 0 Å². The van der Waals surface area contributed by atoms with E-state index in [0.717, 1.165) is 32.5 Å². The summed E-state index contributed by atoms with van der Waals surface area (Å²) < 4.78 is 0. The Labute approximate surface area is 218 Å². The van der Waals surface area contributed by atoms with Crippen LogP contribution in [-0.2, 0) is 24.3 Å². The molecule has 5 rings (SSSR count). The predicted molar refractivity (Wildman–Crippen MR) is 141 cm³/mol. The smallest absolute Gasteiger partial charge is 0.261 e. The minimum Gasteiger partial charge on any atom is -0.347 e.